The second kappa shape index (κ2) is 8.64. The van der Waals surface area contributed by atoms with Crippen molar-refractivity contribution in [3.63, 3.8) is 0 Å². The fraction of sp³-hybridized carbons (Fsp3) is 0.381. The highest BCUT2D eigenvalue weighted by Crippen LogP contribution is 2.33. The van der Waals surface area contributed by atoms with Gasteiger partial charge in [0.1, 0.15) is 0 Å². The van der Waals surface area contributed by atoms with Gasteiger partial charge in [-0.15, -0.1) is 11.8 Å². The van der Waals surface area contributed by atoms with Crippen LogP contribution in [0.2, 0.25) is 5.02 Å². The van der Waals surface area contributed by atoms with Crippen LogP contribution in [0.15, 0.2) is 47.4 Å². The van der Waals surface area contributed by atoms with Crippen molar-refractivity contribution >= 4 is 29.3 Å². The van der Waals surface area contributed by atoms with Gasteiger partial charge in [0.25, 0.3) is 0 Å². The summed E-state index contributed by atoms with van der Waals surface area (Å²) in [7, 11) is 0. The van der Waals surface area contributed by atoms with E-state index in [1.54, 1.807) is 11.8 Å². The first kappa shape index (κ1) is 19.4. The van der Waals surface area contributed by atoms with Crippen LogP contribution >= 0.6 is 23.4 Å². The van der Waals surface area contributed by atoms with E-state index in [2.05, 4.69) is 11.0 Å². The van der Waals surface area contributed by atoms with Crippen molar-refractivity contribution in [1.29, 1.82) is 0 Å². The quantitative estimate of drug-likeness (QED) is 0.689. The van der Waals surface area contributed by atoms with Crippen molar-refractivity contribution in [2.45, 2.75) is 23.6 Å². The third-order valence-electron chi connectivity index (χ3n) is 5.00. The Bertz CT molecular complexity index is 838. The van der Waals surface area contributed by atoms with Gasteiger partial charge in [-0.05, 0) is 48.9 Å². The van der Waals surface area contributed by atoms with E-state index in [9.17, 15) is 4.79 Å². The summed E-state index contributed by atoms with van der Waals surface area (Å²) in [4.78, 5) is 18.2. The fourth-order valence-electron chi connectivity index (χ4n) is 3.45. The highest BCUT2D eigenvalue weighted by atomic mass is 35.5. The predicted molar refractivity (Wildman–Crippen MR) is 111 cm³/mol. The smallest absolute Gasteiger partial charge is 0.235 e. The van der Waals surface area contributed by atoms with Gasteiger partial charge in [-0.3, -0.25) is 9.69 Å². The fourth-order valence-corrected chi connectivity index (χ4v) is 4.53. The molecular weight excluding hydrogens is 396 g/mol. The number of fused-ring (bicyclic) bond motifs is 1. The Labute approximate surface area is 174 Å². The van der Waals surface area contributed by atoms with Gasteiger partial charge < -0.3 is 14.4 Å². The van der Waals surface area contributed by atoms with Crippen LogP contribution in [0, 0.1) is 0 Å². The SMILES string of the molecule is C[C@H](Sc1ccc(Cl)cc1)C(=O)N1CCN(Cc2ccc3c(c2)OCO3)CC1. The molecule has 1 saturated heterocycles. The largest absolute Gasteiger partial charge is 0.454 e. The van der Waals surface area contributed by atoms with Crippen molar-refractivity contribution < 1.29 is 14.3 Å². The van der Waals surface area contributed by atoms with E-state index >= 15 is 0 Å². The summed E-state index contributed by atoms with van der Waals surface area (Å²) in [6.07, 6.45) is 0. The number of carbonyl (C=O) groups is 1. The maximum atomic E-state index is 12.8. The third-order valence-corrected chi connectivity index (χ3v) is 6.35. The molecule has 2 aromatic carbocycles. The van der Waals surface area contributed by atoms with Crippen LogP contribution in [0.5, 0.6) is 11.5 Å². The van der Waals surface area contributed by atoms with Gasteiger partial charge in [0.15, 0.2) is 11.5 Å². The van der Waals surface area contributed by atoms with E-state index in [0.717, 1.165) is 49.1 Å². The number of thioether (sulfide) groups is 1. The summed E-state index contributed by atoms with van der Waals surface area (Å²) < 4.78 is 10.8. The van der Waals surface area contributed by atoms with E-state index in [1.807, 2.05) is 48.2 Å². The minimum Gasteiger partial charge on any atom is -0.454 e. The number of hydrogen-bond acceptors (Lipinski definition) is 5. The molecule has 0 radical (unpaired) electrons. The zero-order chi connectivity index (χ0) is 19.5. The summed E-state index contributed by atoms with van der Waals surface area (Å²) in [6.45, 7) is 6.39. The topological polar surface area (TPSA) is 42.0 Å². The molecule has 0 bridgehead atoms. The Balaban J connectivity index is 1.27. The molecule has 28 heavy (non-hydrogen) atoms. The molecule has 0 unspecified atom stereocenters. The van der Waals surface area contributed by atoms with Crippen LogP contribution in [-0.2, 0) is 11.3 Å². The Morgan fingerprint density at radius 3 is 2.54 bits per heavy atom. The third kappa shape index (κ3) is 4.57. The zero-order valence-electron chi connectivity index (χ0n) is 15.8. The average Bonchev–Trinajstić information content (AvgIpc) is 3.17. The summed E-state index contributed by atoms with van der Waals surface area (Å²) in [5.41, 5.74) is 1.20. The predicted octanol–water partition coefficient (Wildman–Crippen LogP) is 3.89. The zero-order valence-corrected chi connectivity index (χ0v) is 17.3. The number of ether oxygens (including phenoxy) is 2. The Hall–Kier alpha value is -1.89. The van der Waals surface area contributed by atoms with E-state index in [4.69, 9.17) is 21.1 Å². The Morgan fingerprint density at radius 2 is 1.79 bits per heavy atom. The van der Waals surface area contributed by atoms with Gasteiger partial charge in [-0.2, -0.15) is 0 Å². The molecular formula is C21H23ClN2O3S. The first-order chi connectivity index (χ1) is 13.6. The lowest BCUT2D eigenvalue weighted by molar-refractivity contribution is -0.132. The summed E-state index contributed by atoms with van der Waals surface area (Å²) >= 11 is 7.51. The number of nitrogens with zero attached hydrogens (tertiary/aromatic N) is 2. The number of amides is 1. The molecule has 148 valence electrons. The van der Waals surface area contributed by atoms with Gasteiger partial charge in [-0.25, -0.2) is 0 Å². The van der Waals surface area contributed by atoms with Crippen molar-refractivity contribution in [2.75, 3.05) is 33.0 Å². The van der Waals surface area contributed by atoms with Crippen LogP contribution in [0.1, 0.15) is 12.5 Å². The molecule has 0 saturated carbocycles. The second-order valence-corrected chi connectivity index (χ2v) is 8.85. The number of piperazine rings is 1. The first-order valence-corrected chi connectivity index (χ1v) is 10.7. The van der Waals surface area contributed by atoms with Gasteiger partial charge >= 0.3 is 0 Å². The van der Waals surface area contributed by atoms with Gasteiger partial charge in [0.05, 0.1) is 5.25 Å². The maximum Gasteiger partial charge on any atom is 0.235 e. The monoisotopic (exact) mass is 418 g/mol. The minimum atomic E-state index is -0.110. The second-order valence-electron chi connectivity index (χ2n) is 7.00. The molecule has 2 heterocycles. The highest BCUT2D eigenvalue weighted by Gasteiger charge is 2.26. The molecule has 7 heteroatoms. The van der Waals surface area contributed by atoms with Crippen LogP contribution in [-0.4, -0.2) is 53.9 Å². The van der Waals surface area contributed by atoms with E-state index < -0.39 is 0 Å². The molecule has 1 amide bonds. The molecule has 5 nitrogen and oxygen atoms in total. The standard InChI is InChI=1S/C21H23ClN2O3S/c1-15(28-18-5-3-17(22)4-6-18)21(25)24-10-8-23(9-11-24)13-16-2-7-19-20(12-16)27-14-26-19/h2-7,12,15H,8-11,13-14H2,1H3/t15-/m0/s1. The average molecular weight is 419 g/mol. The van der Waals surface area contributed by atoms with Crippen LogP contribution in [0.4, 0.5) is 0 Å². The summed E-state index contributed by atoms with van der Waals surface area (Å²) in [5, 5.41) is 0.600. The lowest BCUT2D eigenvalue weighted by Crippen LogP contribution is -2.50. The minimum absolute atomic E-state index is 0.110. The lowest BCUT2D eigenvalue weighted by atomic mass is 10.1. The summed E-state index contributed by atoms with van der Waals surface area (Å²) in [5.74, 6) is 1.83. The lowest BCUT2D eigenvalue weighted by Gasteiger charge is -2.36. The van der Waals surface area contributed by atoms with E-state index in [1.165, 1.54) is 5.56 Å². The molecule has 2 aliphatic rings. The number of carbonyl (C=O) groups excluding carboxylic acids is 1. The molecule has 4 rings (SSSR count). The summed E-state index contributed by atoms with van der Waals surface area (Å²) in [6, 6.07) is 13.7. The number of rotatable bonds is 5. The van der Waals surface area contributed by atoms with E-state index in [0.29, 0.717) is 11.8 Å². The molecule has 1 fully saturated rings. The normalized spacial score (nSPS) is 17.6. The number of halogens is 1. The first-order valence-electron chi connectivity index (χ1n) is 9.40. The molecule has 0 aromatic heterocycles. The molecule has 2 aliphatic heterocycles. The number of benzene rings is 2. The van der Waals surface area contributed by atoms with Gasteiger partial charge in [0.2, 0.25) is 12.7 Å². The van der Waals surface area contributed by atoms with Crippen molar-refractivity contribution in [2.24, 2.45) is 0 Å². The Kier molecular flexibility index (Phi) is 5.99. The molecule has 1 atom stereocenters. The molecule has 0 aliphatic carbocycles. The van der Waals surface area contributed by atoms with Crippen molar-refractivity contribution in [1.82, 2.24) is 9.80 Å². The van der Waals surface area contributed by atoms with Crippen LogP contribution in [0.3, 0.4) is 0 Å². The van der Waals surface area contributed by atoms with Crippen molar-refractivity contribution in [3.8, 4) is 11.5 Å². The van der Waals surface area contributed by atoms with Crippen molar-refractivity contribution in [3.05, 3.63) is 53.1 Å². The molecule has 0 spiro atoms. The highest BCUT2D eigenvalue weighted by molar-refractivity contribution is 8.00. The molecule has 0 N–H and O–H groups in total. The van der Waals surface area contributed by atoms with E-state index in [-0.39, 0.29) is 11.2 Å². The van der Waals surface area contributed by atoms with Gasteiger partial charge in [0, 0.05) is 42.6 Å². The Morgan fingerprint density at radius 1 is 1.07 bits per heavy atom. The molecule has 2 aromatic rings. The number of hydrogen-bond donors (Lipinski definition) is 0. The maximum absolute atomic E-state index is 12.8. The van der Waals surface area contributed by atoms with Gasteiger partial charge in [-0.1, -0.05) is 17.7 Å². The van der Waals surface area contributed by atoms with Crippen LogP contribution < -0.4 is 9.47 Å². The van der Waals surface area contributed by atoms with Crippen LogP contribution in [0.25, 0.3) is 0 Å².